The lowest BCUT2D eigenvalue weighted by Gasteiger charge is -2.31. The van der Waals surface area contributed by atoms with Crippen LogP contribution in [0, 0.1) is 5.82 Å². The molecule has 0 unspecified atom stereocenters. The van der Waals surface area contributed by atoms with Crippen LogP contribution in [0.4, 0.5) is 26.4 Å². The summed E-state index contributed by atoms with van der Waals surface area (Å²) in [7, 11) is -2.50. The molecule has 5 rings (SSSR count). The number of amides is 2. The fourth-order valence-electron chi connectivity index (χ4n) is 5.74. The lowest BCUT2D eigenvalue weighted by atomic mass is 10.00. The van der Waals surface area contributed by atoms with Gasteiger partial charge in [0.25, 0.3) is 0 Å². The molecule has 242 valence electrons. The number of rotatable bonds is 10. The molecular weight excluding hydrogens is 613 g/mol. The largest absolute Gasteiger partial charge is 0.494 e. The standard InChI is InChI=1S/C33H36FN5O6S/c1-4-45-23-10-12-27(34)25(19-23)30(37-21-8-11-24-20(17-21)14-15-36-31(24)35)32(40)39-16-6-7-28(39)26-18-22(38-33(41)44-3)9-13-29(26)46(42,43)5-2/h8-15,17-19,28,30,37H,4-7,16H2,1-3H3,(H2,35,36)(H,38,41)/t28-,30-/m1/s1. The fraction of sp³-hybridized carbons (Fsp3) is 0.303. The molecule has 1 aromatic heterocycles. The number of fused-ring (bicyclic) bond motifs is 1. The molecule has 0 radical (unpaired) electrons. The molecule has 0 spiro atoms. The molecular formula is C33H36FN5O6S. The number of benzene rings is 3. The van der Waals surface area contributed by atoms with Gasteiger partial charge in [0.05, 0.1) is 30.4 Å². The zero-order chi connectivity index (χ0) is 33.0. The number of nitrogens with two attached hydrogens (primary N) is 1. The predicted molar refractivity (Wildman–Crippen MR) is 174 cm³/mol. The Morgan fingerprint density at radius 3 is 2.61 bits per heavy atom. The van der Waals surface area contributed by atoms with Gasteiger partial charge in [0.15, 0.2) is 9.84 Å². The van der Waals surface area contributed by atoms with Crippen molar-refractivity contribution in [2.45, 2.75) is 43.7 Å². The van der Waals surface area contributed by atoms with Crippen LogP contribution in [0.3, 0.4) is 0 Å². The fourth-order valence-corrected chi connectivity index (χ4v) is 6.88. The first-order chi connectivity index (χ1) is 22.1. The number of nitrogen functional groups attached to an aromatic ring is 1. The van der Waals surface area contributed by atoms with Gasteiger partial charge in [-0.05, 0) is 91.4 Å². The number of nitrogens with zero attached hydrogens (tertiary/aromatic N) is 2. The van der Waals surface area contributed by atoms with Crippen molar-refractivity contribution in [2.24, 2.45) is 0 Å². The normalized spacial score (nSPS) is 15.4. The molecule has 1 aliphatic heterocycles. The molecule has 1 fully saturated rings. The maximum absolute atomic E-state index is 15.6. The molecule has 46 heavy (non-hydrogen) atoms. The van der Waals surface area contributed by atoms with Crippen LogP contribution in [0.15, 0.2) is 71.8 Å². The summed E-state index contributed by atoms with van der Waals surface area (Å²) in [5, 5.41) is 7.30. The minimum Gasteiger partial charge on any atom is -0.494 e. The number of ether oxygens (including phenoxy) is 2. The van der Waals surface area contributed by atoms with Crippen molar-refractivity contribution in [3.63, 3.8) is 0 Å². The number of aromatic nitrogens is 1. The topological polar surface area (TPSA) is 153 Å². The summed E-state index contributed by atoms with van der Waals surface area (Å²) in [4.78, 5) is 32.3. The van der Waals surface area contributed by atoms with Gasteiger partial charge in [0.2, 0.25) is 5.91 Å². The van der Waals surface area contributed by atoms with E-state index in [1.165, 1.54) is 37.4 Å². The number of hydrogen-bond donors (Lipinski definition) is 3. The van der Waals surface area contributed by atoms with Crippen molar-refractivity contribution in [1.29, 1.82) is 0 Å². The summed E-state index contributed by atoms with van der Waals surface area (Å²) in [6, 6.07) is 13.9. The Kier molecular flexibility index (Phi) is 9.61. The zero-order valence-corrected chi connectivity index (χ0v) is 26.6. The lowest BCUT2D eigenvalue weighted by molar-refractivity contribution is -0.133. The Labute approximate surface area is 266 Å². The summed E-state index contributed by atoms with van der Waals surface area (Å²) in [6.07, 6.45) is 1.89. The number of carbonyl (C=O) groups is 2. The number of sulfone groups is 1. The number of hydrogen-bond acceptors (Lipinski definition) is 9. The zero-order valence-electron chi connectivity index (χ0n) is 25.7. The quantitative estimate of drug-likeness (QED) is 0.192. The van der Waals surface area contributed by atoms with Gasteiger partial charge in [-0.25, -0.2) is 22.6 Å². The van der Waals surface area contributed by atoms with E-state index in [1.54, 1.807) is 55.3 Å². The molecule has 11 nitrogen and oxygen atoms in total. The number of methoxy groups -OCH3 is 1. The number of likely N-dealkylation sites (tertiary alicyclic amines) is 1. The van der Waals surface area contributed by atoms with Crippen molar-refractivity contribution < 1.29 is 31.9 Å². The van der Waals surface area contributed by atoms with Crippen LogP contribution in [-0.2, 0) is 19.4 Å². The van der Waals surface area contributed by atoms with Crippen molar-refractivity contribution in [2.75, 3.05) is 42.4 Å². The van der Waals surface area contributed by atoms with E-state index in [9.17, 15) is 18.0 Å². The number of pyridine rings is 1. The molecule has 4 aromatic rings. The van der Waals surface area contributed by atoms with Gasteiger partial charge >= 0.3 is 6.09 Å². The molecule has 2 atom stereocenters. The highest BCUT2D eigenvalue weighted by atomic mass is 32.2. The maximum atomic E-state index is 15.6. The molecule has 2 heterocycles. The summed E-state index contributed by atoms with van der Waals surface area (Å²) >= 11 is 0. The monoisotopic (exact) mass is 649 g/mol. The van der Waals surface area contributed by atoms with Gasteiger partial charge in [-0.15, -0.1) is 0 Å². The summed E-state index contributed by atoms with van der Waals surface area (Å²) in [6.45, 7) is 3.99. The number of halogens is 1. The van der Waals surface area contributed by atoms with E-state index in [-0.39, 0.29) is 16.2 Å². The average Bonchev–Trinajstić information content (AvgIpc) is 3.54. The van der Waals surface area contributed by atoms with Gasteiger partial charge in [0, 0.05) is 35.1 Å². The van der Waals surface area contributed by atoms with E-state index in [4.69, 9.17) is 15.2 Å². The first kappa shape index (κ1) is 32.5. The van der Waals surface area contributed by atoms with Crippen LogP contribution < -0.4 is 21.1 Å². The number of nitrogens with one attached hydrogen (secondary N) is 2. The van der Waals surface area contributed by atoms with Crippen LogP contribution in [0.25, 0.3) is 10.8 Å². The van der Waals surface area contributed by atoms with Crippen molar-refractivity contribution in [3.8, 4) is 5.75 Å². The third kappa shape index (κ3) is 6.69. The van der Waals surface area contributed by atoms with E-state index in [0.717, 1.165) is 10.8 Å². The molecule has 0 saturated carbocycles. The molecule has 3 aromatic carbocycles. The van der Waals surface area contributed by atoms with Gasteiger partial charge in [0.1, 0.15) is 23.4 Å². The Morgan fingerprint density at radius 1 is 1.09 bits per heavy atom. The predicted octanol–water partition coefficient (Wildman–Crippen LogP) is 5.84. The first-order valence-electron chi connectivity index (χ1n) is 14.9. The molecule has 1 aliphatic rings. The Morgan fingerprint density at radius 2 is 1.87 bits per heavy atom. The Hall–Kier alpha value is -4.91. The average molecular weight is 650 g/mol. The minimum absolute atomic E-state index is 0.0601. The van der Waals surface area contributed by atoms with E-state index in [1.807, 2.05) is 0 Å². The smallest absolute Gasteiger partial charge is 0.411 e. The highest BCUT2D eigenvalue weighted by Crippen LogP contribution is 2.40. The molecule has 1 saturated heterocycles. The van der Waals surface area contributed by atoms with E-state index < -0.39 is 39.7 Å². The van der Waals surface area contributed by atoms with Crippen LogP contribution >= 0.6 is 0 Å². The van der Waals surface area contributed by atoms with Crippen LogP contribution in [0.1, 0.15) is 49.9 Å². The Balaban J connectivity index is 1.60. The summed E-state index contributed by atoms with van der Waals surface area (Å²) in [5.41, 5.74) is 7.31. The SMILES string of the molecule is CCOc1ccc(F)c([C@@H](Nc2ccc3c(N)nccc3c2)C(=O)N2CCC[C@@H]2c2cc(NC(=O)OC)ccc2S(=O)(=O)CC)c1. The molecule has 0 aliphatic carbocycles. The van der Waals surface area contributed by atoms with Gasteiger partial charge in [-0.2, -0.15) is 0 Å². The van der Waals surface area contributed by atoms with E-state index >= 15 is 4.39 Å². The second kappa shape index (κ2) is 13.6. The van der Waals surface area contributed by atoms with Crippen LogP contribution in [0.5, 0.6) is 5.75 Å². The second-order valence-electron chi connectivity index (χ2n) is 10.8. The number of anilines is 3. The molecule has 4 N–H and O–H groups in total. The van der Waals surface area contributed by atoms with Crippen LogP contribution in [0.2, 0.25) is 0 Å². The van der Waals surface area contributed by atoms with Crippen molar-refractivity contribution in [3.05, 3.63) is 83.8 Å². The minimum atomic E-state index is -3.72. The highest BCUT2D eigenvalue weighted by molar-refractivity contribution is 7.91. The van der Waals surface area contributed by atoms with Crippen molar-refractivity contribution >= 4 is 49.8 Å². The summed E-state index contributed by atoms with van der Waals surface area (Å²) < 4.78 is 52.4. The third-order valence-corrected chi connectivity index (χ3v) is 9.80. The molecule has 2 amide bonds. The third-order valence-electron chi connectivity index (χ3n) is 7.99. The van der Waals surface area contributed by atoms with Gasteiger partial charge < -0.3 is 25.4 Å². The van der Waals surface area contributed by atoms with Gasteiger partial charge in [-0.3, -0.25) is 10.1 Å². The van der Waals surface area contributed by atoms with Crippen molar-refractivity contribution in [1.82, 2.24) is 9.88 Å². The van der Waals surface area contributed by atoms with Crippen LogP contribution in [-0.4, -0.2) is 56.3 Å². The van der Waals surface area contributed by atoms with E-state index in [2.05, 4.69) is 15.6 Å². The Bertz CT molecular complexity index is 1890. The first-order valence-corrected chi connectivity index (χ1v) is 16.6. The second-order valence-corrected chi connectivity index (χ2v) is 13.0. The highest BCUT2D eigenvalue weighted by Gasteiger charge is 2.38. The lowest BCUT2D eigenvalue weighted by Crippen LogP contribution is -2.38. The molecule has 13 heteroatoms. The van der Waals surface area contributed by atoms with Gasteiger partial charge in [-0.1, -0.05) is 6.92 Å². The number of carbonyl (C=O) groups excluding carboxylic acids is 2. The summed E-state index contributed by atoms with van der Waals surface area (Å²) in [5.74, 6) is -0.486. The van der Waals surface area contributed by atoms with E-state index in [0.29, 0.717) is 54.5 Å². The molecule has 0 bridgehead atoms. The maximum Gasteiger partial charge on any atom is 0.411 e.